The van der Waals surface area contributed by atoms with Crippen LogP contribution in [-0.4, -0.2) is 53.2 Å². The first-order valence-corrected chi connectivity index (χ1v) is 12.3. The molecule has 2 aromatic rings. The fraction of sp³-hybridized carbons (Fsp3) is 0.481. The van der Waals surface area contributed by atoms with E-state index in [0.717, 1.165) is 24.0 Å². The molecule has 34 heavy (non-hydrogen) atoms. The Bertz CT molecular complexity index is 949. The maximum absolute atomic E-state index is 13.3. The first-order chi connectivity index (χ1) is 16.5. The smallest absolute Gasteiger partial charge is 0.318 e. The number of carbonyl (C=O) groups excluding carboxylic acids is 2. The zero-order valence-corrected chi connectivity index (χ0v) is 19.9. The standard InChI is InChI=1S/C27H36N4O3/c1-27(21-13-7-3-8-14-21,24(32)17-28-22-15-9-4-10-16-22)30-25(33)23-19-31(26(34)29-23)18-20-11-5-2-6-12-20/h2-3,5-8,11-14,22-24,28,32H,4,9-10,15-19H2,1H3,(H,29,34)(H,30,33)/t23-,24+,27-/m0/s1. The summed E-state index contributed by atoms with van der Waals surface area (Å²) in [5.41, 5.74) is 0.834. The maximum Gasteiger partial charge on any atom is 0.318 e. The number of nitrogens with one attached hydrogen (secondary N) is 3. The van der Waals surface area contributed by atoms with Gasteiger partial charge in [-0.25, -0.2) is 4.79 Å². The number of hydrogen-bond donors (Lipinski definition) is 4. The number of urea groups is 1. The highest BCUT2D eigenvalue weighted by atomic mass is 16.3. The van der Waals surface area contributed by atoms with E-state index in [9.17, 15) is 14.7 Å². The van der Waals surface area contributed by atoms with Crippen LogP contribution in [0.5, 0.6) is 0 Å². The van der Waals surface area contributed by atoms with Crippen molar-refractivity contribution in [2.24, 2.45) is 0 Å². The molecule has 2 fully saturated rings. The molecular weight excluding hydrogens is 428 g/mol. The van der Waals surface area contributed by atoms with E-state index in [2.05, 4.69) is 16.0 Å². The van der Waals surface area contributed by atoms with Gasteiger partial charge < -0.3 is 26.0 Å². The highest BCUT2D eigenvalue weighted by molar-refractivity contribution is 5.90. The minimum Gasteiger partial charge on any atom is -0.389 e. The Morgan fingerprint density at radius 3 is 2.41 bits per heavy atom. The van der Waals surface area contributed by atoms with Crippen molar-refractivity contribution in [2.75, 3.05) is 13.1 Å². The van der Waals surface area contributed by atoms with Gasteiger partial charge in [0.1, 0.15) is 6.04 Å². The van der Waals surface area contributed by atoms with E-state index < -0.39 is 17.7 Å². The summed E-state index contributed by atoms with van der Waals surface area (Å²) in [5.74, 6) is -0.299. The fourth-order valence-electron chi connectivity index (χ4n) is 4.94. The third-order valence-electron chi connectivity index (χ3n) is 7.15. The van der Waals surface area contributed by atoms with E-state index in [-0.39, 0.29) is 18.5 Å². The van der Waals surface area contributed by atoms with Crippen molar-refractivity contribution < 1.29 is 14.7 Å². The van der Waals surface area contributed by atoms with Crippen LogP contribution < -0.4 is 16.0 Å². The van der Waals surface area contributed by atoms with Crippen molar-refractivity contribution in [3.05, 3.63) is 71.8 Å². The Morgan fingerprint density at radius 2 is 1.74 bits per heavy atom. The molecule has 0 spiro atoms. The molecule has 1 saturated carbocycles. The molecule has 7 nitrogen and oxygen atoms in total. The molecule has 3 atom stereocenters. The lowest BCUT2D eigenvalue weighted by atomic mass is 9.85. The van der Waals surface area contributed by atoms with Crippen LogP contribution >= 0.6 is 0 Å². The molecule has 1 saturated heterocycles. The number of benzene rings is 2. The monoisotopic (exact) mass is 464 g/mol. The zero-order valence-electron chi connectivity index (χ0n) is 19.9. The molecule has 0 radical (unpaired) electrons. The van der Waals surface area contributed by atoms with Gasteiger partial charge in [0.15, 0.2) is 0 Å². The topological polar surface area (TPSA) is 93.7 Å². The average molecular weight is 465 g/mol. The van der Waals surface area contributed by atoms with Crippen molar-refractivity contribution in [1.29, 1.82) is 0 Å². The SMILES string of the molecule is C[C@](NC(=O)[C@@H]1CN(Cc2ccccc2)C(=O)N1)(c1ccccc1)[C@H](O)CNC1CCCCC1. The van der Waals surface area contributed by atoms with Gasteiger partial charge in [-0.1, -0.05) is 79.9 Å². The van der Waals surface area contributed by atoms with Gasteiger partial charge >= 0.3 is 6.03 Å². The summed E-state index contributed by atoms with van der Waals surface area (Å²) in [5, 5.41) is 20.6. The van der Waals surface area contributed by atoms with E-state index in [0.29, 0.717) is 19.1 Å². The van der Waals surface area contributed by atoms with Crippen molar-refractivity contribution in [3.8, 4) is 0 Å². The Balaban J connectivity index is 1.43. The van der Waals surface area contributed by atoms with E-state index in [1.807, 2.05) is 67.6 Å². The number of aliphatic hydroxyl groups excluding tert-OH is 1. The second-order valence-corrected chi connectivity index (χ2v) is 9.68. The number of nitrogens with zero attached hydrogens (tertiary/aromatic N) is 1. The van der Waals surface area contributed by atoms with Crippen molar-refractivity contribution in [3.63, 3.8) is 0 Å². The summed E-state index contributed by atoms with van der Waals surface area (Å²) in [6.45, 7) is 2.96. The summed E-state index contributed by atoms with van der Waals surface area (Å²) in [6, 6.07) is 18.7. The van der Waals surface area contributed by atoms with Crippen LogP contribution in [0.25, 0.3) is 0 Å². The lowest BCUT2D eigenvalue weighted by molar-refractivity contribution is -0.126. The van der Waals surface area contributed by atoms with Crippen LogP contribution in [-0.2, 0) is 16.9 Å². The van der Waals surface area contributed by atoms with Gasteiger partial charge in [0.05, 0.1) is 18.2 Å². The largest absolute Gasteiger partial charge is 0.389 e. The Morgan fingerprint density at radius 1 is 1.09 bits per heavy atom. The maximum atomic E-state index is 13.3. The number of hydrogen-bond acceptors (Lipinski definition) is 4. The van der Waals surface area contributed by atoms with Gasteiger partial charge in [-0.3, -0.25) is 4.79 Å². The van der Waals surface area contributed by atoms with E-state index in [1.54, 1.807) is 4.90 Å². The molecule has 7 heteroatoms. The minimum absolute atomic E-state index is 0.259. The van der Waals surface area contributed by atoms with Crippen LogP contribution in [0.2, 0.25) is 0 Å². The van der Waals surface area contributed by atoms with E-state index >= 15 is 0 Å². The molecule has 182 valence electrons. The van der Waals surface area contributed by atoms with Crippen LogP contribution in [0.4, 0.5) is 4.79 Å². The molecule has 0 bridgehead atoms. The van der Waals surface area contributed by atoms with Gasteiger partial charge in [-0.15, -0.1) is 0 Å². The zero-order chi connectivity index (χ0) is 24.0. The quantitative estimate of drug-likeness (QED) is 0.459. The molecule has 2 aliphatic rings. The Hall–Kier alpha value is -2.90. The molecule has 1 heterocycles. The Kier molecular flexibility index (Phi) is 7.85. The molecule has 4 N–H and O–H groups in total. The first kappa shape index (κ1) is 24.2. The van der Waals surface area contributed by atoms with Crippen molar-refractivity contribution >= 4 is 11.9 Å². The summed E-state index contributed by atoms with van der Waals surface area (Å²) < 4.78 is 0. The molecular formula is C27H36N4O3. The van der Waals surface area contributed by atoms with Crippen molar-refractivity contribution in [1.82, 2.24) is 20.9 Å². The molecule has 2 aromatic carbocycles. The predicted octanol–water partition coefficient (Wildman–Crippen LogP) is 2.90. The molecule has 1 aliphatic carbocycles. The van der Waals surface area contributed by atoms with Crippen molar-refractivity contribution in [2.45, 2.75) is 69.3 Å². The van der Waals surface area contributed by atoms with Crippen LogP contribution in [0.3, 0.4) is 0 Å². The normalized spacial score (nSPS) is 21.5. The summed E-state index contributed by atoms with van der Waals surface area (Å²) in [7, 11) is 0. The summed E-state index contributed by atoms with van der Waals surface area (Å²) >= 11 is 0. The van der Waals surface area contributed by atoms with Crippen LogP contribution in [0.1, 0.15) is 50.2 Å². The lowest BCUT2D eigenvalue weighted by Gasteiger charge is -2.38. The number of aliphatic hydroxyl groups is 1. The third kappa shape index (κ3) is 5.77. The predicted molar refractivity (Wildman–Crippen MR) is 132 cm³/mol. The third-order valence-corrected chi connectivity index (χ3v) is 7.15. The van der Waals surface area contributed by atoms with Crippen LogP contribution in [0, 0.1) is 0 Å². The average Bonchev–Trinajstić information content (AvgIpc) is 3.24. The fourth-order valence-corrected chi connectivity index (χ4v) is 4.94. The number of amides is 3. The molecule has 1 aliphatic heterocycles. The van der Waals surface area contributed by atoms with E-state index in [1.165, 1.54) is 19.3 Å². The van der Waals surface area contributed by atoms with Gasteiger partial charge in [-0.05, 0) is 30.9 Å². The highest BCUT2D eigenvalue weighted by Crippen LogP contribution is 2.26. The summed E-state index contributed by atoms with van der Waals surface area (Å²) in [6.07, 6.45) is 5.09. The number of carbonyl (C=O) groups is 2. The highest BCUT2D eigenvalue weighted by Gasteiger charge is 2.41. The molecule has 4 rings (SSSR count). The van der Waals surface area contributed by atoms with E-state index in [4.69, 9.17) is 0 Å². The van der Waals surface area contributed by atoms with Gasteiger partial charge in [-0.2, -0.15) is 0 Å². The van der Waals surface area contributed by atoms with Gasteiger partial charge in [0, 0.05) is 19.1 Å². The van der Waals surface area contributed by atoms with Crippen LogP contribution in [0.15, 0.2) is 60.7 Å². The molecule has 0 unspecified atom stereocenters. The van der Waals surface area contributed by atoms with Gasteiger partial charge in [0.2, 0.25) is 5.91 Å². The number of rotatable bonds is 9. The first-order valence-electron chi connectivity index (χ1n) is 12.3. The minimum atomic E-state index is -1.00. The Labute approximate surface area is 201 Å². The van der Waals surface area contributed by atoms with Gasteiger partial charge in [0.25, 0.3) is 0 Å². The summed E-state index contributed by atoms with van der Waals surface area (Å²) in [4.78, 5) is 27.5. The molecule has 0 aromatic heterocycles. The second kappa shape index (κ2) is 11.0. The molecule has 3 amide bonds. The lowest BCUT2D eigenvalue weighted by Crippen LogP contribution is -2.59. The second-order valence-electron chi connectivity index (χ2n) is 9.68.